The molecule has 5 heteroatoms. The van der Waals surface area contributed by atoms with Gasteiger partial charge in [-0.15, -0.1) is 0 Å². The first-order valence-corrected chi connectivity index (χ1v) is 6.84. The Kier molecular flexibility index (Phi) is 4.53. The third kappa shape index (κ3) is 3.53. The summed E-state index contributed by atoms with van der Waals surface area (Å²) in [6, 6.07) is 5.54. The second kappa shape index (κ2) is 6.15. The summed E-state index contributed by atoms with van der Waals surface area (Å²) >= 11 is 6.09. The molecule has 4 nitrogen and oxygen atoms in total. The maximum atomic E-state index is 10.9. The fourth-order valence-corrected chi connectivity index (χ4v) is 2.66. The number of halogens is 1. The van der Waals surface area contributed by atoms with Crippen LogP contribution in [0.5, 0.6) is 5.75 Å². The molecule has 1 aromatic rings. The summed E-state index contributed by atoms with van der Waals surface area (Å²) in [6.07, 6.45) is 3.02. The van der Waals surface area contributed by atoms with Crippen LogP contribution < -0.4 is 10.1 Å². The lowest BCUT2D eigenvalue weighted by Gasteiger charge is -2.26. The zero-order valence-electron chi connectivity index (χ0n) is 10.9. The number of aliphatic carboxylic acids is 1. The van der Waals surface area contributed by atoms with Crippen LogP contribution in [0, 0.1) is 5.92 Å². The third-order valence-electron chi connectivity index (χ3n) is 3.54. The molecule has 0 saturated heterocycles. The van der Waals surface area contributed by atoms with E-state index in [1.165, 1.54) is 0 Å². The molecule has 0 bridgehead atoms. The van der Waals surface area contributed by atoms with Crippen LogP contribution in [0.2, 0.25) is 5.02 Å². The Morgan fingerprint density at radius 1 is 1.37 bits per heavy atom. The van der Waals surface area contributed by atoms with E-state index in [-0.39, 0.29) is 12.0 Å². The smallest absolute Gasteiger partial charge is 0.306 e. The number of anilines is 1. The highest BCUT2D eigenvalue weighted by Gasteiger charge is 2.26. The maximum Gasteiger partial charge on any atom is 0.306 e. The predicted molar refractivity (Wildman–Crippen MR) is 75.0 cm³/mol. The Labute approximate surface area is 117 Å². The van der Waals surface area contributed by atoms with Crippen LogP contribution in [-0.2, 0) is 4.79 Å². The number of carboxylic acid groups (broad SMARTS) is 1. The Balaban J connectivity index is 1.92. The van der Waals surface area contributed by atoms with Gasteiger partial charge in [0.15, 0.2) is 0 Å². The Hall–Kier alpha value is -1.42. The molecule has 1 aliphatic rings. The summed E-state index contributed by atoms with van der Waals surface area (Å²) in [5.74, 6) is -0.169. The third-order valence-corrected chi connectivity index (χ3v) is 3.85. The molecule has 1 saturated carbocycles. The molecule has 0 unspecified atom stereocenters. The number of carbonyl (C=O) groups is 1. The first-order chi connectivity index (χ1) is 9.10. The normalized spacial score (nSPS) is 22.8. The number of rotatable bonds is 4. The van der Waals surface area contributed by atoms with Crippen molar-refractivity contribution in [3.05, 3.63) is 23.2 Å². The van der Waals surface area contributed by atoms with E-state index in [0.717, 1.165) is 24.3 Å². The van der Waals surface area contributed by atoms with Crippen LogP contribution in [0.3, 0.4) is 0 Å². The second-order valence-corrected chi connectivity index (χ2v) is 5.23. The van der Waals surface area contributed by atoms with Crippen molar-refractivity contribution in [1.29, 1.82) is 0 Å². The predicted octanol–water partition coefficient (Wildman–Crippen LogP) is 3.40. The van der Waals surface area contributed by atoms with Crippen LogP contribution in [0.4, 0.5) is 5.69 Å². The number of ether oxygens (including phenoxy) is 1. The molecule has 1 aromatic carbocycles. The van der Waals surface area contributed by atoms with Crippen LogP contribution in [-0.4, -0.2) is 24.2 Å². The fourth-order valence-electron chi connectivity index (χ4n) is 2.39. The number of carboxylic acids is 1. The average molecular weight is 284 g/mol. The summed E-state index contributed by atoms with van der Waals surface area (Å²) < 4.78 is 5.86. The van der Waals surface area contributed by atoms with E-state index in [0.29, 0.717) is 17.9 Å². The molecule has 0 radical (unpaired) electrons. The largest absolute Gasteiger partial charge is 0.490 e. The number of hydrogen-bond donors (Lipinski definition) is 2. The number of nitrogens with one attached hydrogen (secondary N) is 1. The number of hydrogen-bond acceptors (Lipinski definition) is 3. The van der Waals surface area contributed by atoms with E-state index < -0.39 is 5.97 Å². The first-order valence-electron chi connectivity index (χ1n) is 6.47. The standard InChI is InChI=1S/C14H18ClNO3/c1-16-13-7-6-11(8-12(13)15)19-10-4-2-9(3-5-10)14(17)18/h6-10,16H,2-5H2,1H3,(H,17,18). The van der Waals surface area contributed by atoms with Crippen molar-refractivity contribution in [3.63, 3.8) is 0 Å². The lowest BCUT2D eigenvalue weighted by Crippen LogP contribution is -2.27. The second-order valence-electron chi connectivity index (χ2n) is 4.82. The minimum Gasteiger partial charge on any atom is -0.490 e. The van der Waals surface area contributed by atoms with Crippen molar-refractivity contribution in [3.8, 4) is 5.75 Å². The molecule has 0 aromatic heterocycles. The highest BCUT2D eigenvalue weighted by Crippen LogP contribution is 2.31. The Bertz CT molecular complexity index is 456. The van der Waals surface area contributed by atoms with Crippen molar-refractivity contribution in [1.82, 2.24) is 0 Å². The zero-order chi connectivity index (χ0) is 13.8. The van der Waals surface area contributed by atoms with Gasteiger partial charge in [-0.3, -0.25) is 4.79 Å². The average Bonchev–Trinajstić information content (AvgIpc) is 2.39. The molecule has 0 aliphatic heterocycles. The summed E-state index contributed by atoms with van der Waals surface area (Å²) in [6.45, 7) is 0. The molecule has 1 aliphatic carbocycles. The van der Waals surface area contributed by atoms with Crippen molar-refractivity contribution in [2.24, 2.45) is 5.92 Å². The molecule has 104 valence electrons. The van der Waals surface area contributed by atoms with Crippen LogP contribution in [0.1, 0.15) is 25.7 Å². The highest BCUT2D eigenvalue weighted by molar-refractivity contribution is 6.33. The van der Waals surface area contributed by atoms with Crippen LogP contribution in [0.15, 0.2) is 18.2 Å². The van der Waals surface area contributed by atoms with Crippen LogP contribution >= 0.6 is 11.6 Å². The number of benzene rings is 1. The topological polar surface area (TPSA) is 58.6 Å². The van der Waals surface area contributed by atoms with Gasteiger partial charge in [-0.25, -0.2) is 0 Å². The fraction of sp³-hybridized carbons (Fsp3) is 0.500. The van der Waals surface area contributed by atoms with E-state index in [9.17, 15) is 4.79 Å². The van der Waals surface area contributed by atoms with Gasteiger partial charge < -0.3 is 15.2 Å². The molecule has 19 heavy (non-hydrogen) atoms. The van der Waals surface area contributed by atoms with Gasteiger partial charge in [-0.2, -0.15) is 0 Å². The van der Waals surface area contributed by atoms with E-state index >= 15 is 0 Å². The molecule has 2 rings (SSSR count). The van der Waals surface area contributed by atoms with Gasteiger partial charge in [0.2, 0.25) is 0 Å². The Morgan fingerprint density at radius 2 is 2.05 bits per heavy atom. The van der Waals surface area contributed by atoms with E-state index in [1.807, 2.05) is 19.2 Å². The summed E-state index contributed by atoms with van der Waals surface area (Å²) in [7, 11) is 1.81. The van der Waals surface area contributed by atoms with Gasteiger partial charge >= 0.3 is 5.97 Å². The van der Waals surface area contributed by atoms with Gasteiger partial charge in [-0.05, 0) is 37.8 Å². The summed E-state index contributed by atoms with van der Waals surface area (Å²) in [5, 5.41) is 12.6. The molecule has 0 spiro atoms. The van der Waals surface area contributed by atoms with Gasteiger partial charge in [0.25, 0.3) is 0 Å². The first kappa shape index (κ1) is 14.0. The highest BCUT2D eigenvalue weighted by atomic mass is 35.5. The SMILES string of the molecule is CNc1ccc(OC2CCC(C(=O)O)CC2)cc1Cl. The molecule has 0 amide bonds. The van der Waals surface area contributed by atoms with Gasteiger partial charge in [0.05, 0.1) is 22.7 Å². The summed E-state index contributed by atoms with van der Waals surface area (Å²) in [5.41, 5.74) is 0.864. The summed E-state index contributed by atoms with van der Waals surface area (Å²) in [4.78, 5) is 10.9. The zero-order valence-corrected chi connectivity index (χ0v) is 11.6. The van der Waals surface area contributed by atoms with E-state index in [2.05, 4.69) is 5.32 Å². The quantitative estimate of drug-likeness (QED) is 0.889. The van der Waals surface area contributed by atoms with E-state index in [4.69, 9.17) is 21.4 Å². The van der Waals surface area contributed by atoms with Gasteiger partial charge in [0.1, 0.15) is 5.75 Å². The lowest BCUT2D eigenvalue weighted by molar-refractivity contribution is -0.143. The van der Waals surface area contributed by atoms with Crippen LogP contribution in [0.25, 0.3) is 0 Å². The molecule has 1 fully saturated rings. The van der Waals surface area contributed by atoms with Crippen molar-refractivity contribution in [2.75, 3.05) is 12.4 Å². The minimum absolute atomic E-state index is 0.0899. The molecular weight excluding hydrogens is 266 g/mol. The molecule has 0 atom stereocenters. The van der Waals surface area contributed by atoms with Gasteiger partial charge in [-0.1, -0.05) is 11.6 Å². The Morgan fingerprint density at radius 3 is 2.58 bits per heavy atom. The lowest BCUT2D eigenvalue weighted by atomic mass is 9.87. The molecular formula is C14H18ClNO3. The van der Waals surface area contributed by atoms with E-state index in [1.54, 1.807) is 6.07 Å². The van der Waals surface area contributed by atoms with Crippen molar-refractivity contribution < 1.29 is 14.6 Å². The van der Waals surface area contributed by atoms with Crippen molar-refractivity contribution >= 4 is 23.3 Å². The van der Waals surface area contributed by atoms with Gasteiger partial charge in [0, 0.05) is 13.1 Å². The van der Waals surface area contributed by atoms with Crippen molar-refractivity contribution in [2.45, 2.75) is 31.8 Å². The molecule has 2 N–H and O–H groups in total. The molecule has 0 heterocycles. The monoisotopic (exact) mass is 283 g/mol. The maximum absolute atomic E-state index is 10.9. The minimum atomic E-state index is -0.695.